The van der Waals surface area contributed by atoms with Crippen molar-refractivity contribution in [3.63, 3.8) is 0 Å². The summed E-state index contributed by atoms with van der Waals surface area (Å²) >= 11 is 0. The lowest BCUT2D eigenvalue weighted by atomic mass is 10.0. The van der Waals surface area contributed by atoms with Crippen LogP contribution >= 0.6 is 0 Å². The van der Waals surface area contributed by atoms with Gasteiger partial charge in [-0.15, -0.1) is 0 Å². The first-order valence-corrected chi connectivity index (χ1v) is 9.26. The van der Waals surface area contributed by atoms with Gasteiger partial charge in [-0.3, -0.25) is 9.89 Å². The van der Waals surface area contributed by atoms with Crippen LogP contribution in [-0.4, -0.2) is 34.7 Å². The van der Waals surface area contributed by atoms with Crippen LogP contribution in [0.25, 0.3) is 0 Å². The summed E-state index contributed by atoms with van der Waals surface area (Å²) in [6.07, 6.45) is 6.77. The van der Waals surface area contributed by atoms with Crippen molar-refractivity contribution in [1.29, 1.82) is 0 Å². The van der Waals surface area contributed by atoms with E-state index in [9.17, 15) is 4.79 Å². The number of likely N-dealkylation sites (tertiary alicyclic amines) is 1. The SMILES string of the molecule is COc1ccc([C@H]2CCCCCN2C(=O)c2cc(C3CC3)[nH]n2)cc1. The van der Waals surface area contributed by atoms with Crippen LogP contribution in [0.1, 0.15) is 72.2 Å². The summed E-state index contributed by atoms with van der Waals surface area (Å²) in [5.74, 6) is 1.47. The van der Waals surface area contributed by atoms with Crippen LogP contribution in [0.2, 0.25) is 0 Å². The standard InChI is InChI=1S/C20H25N3O2/c1-25-16-10-8-15(9-11-16)19-5-3-2-4-12-23(19)20(24)18-13-17(21-22-18)14-6-7-14/h8-11,13-14,19H,2-7,12H2,1H3,(H,21,22)/t19-/m1/s1. The normalized spacial score (nSPS) is 21.0. The van der Waals surface area contributed by atoms with Gasteiger partial charge in [0.15, 0.2) is 0 Å². The van der Waals surface area contributed by atoms with E-state index in [2.05, 4.69) is 22.3 Å². The summed E-state index contributed by atoms with van der Waals surface area (Å²) in [4.78, 5) is 15.1. The summed E-state index contributed by atoms with van der Waals surface area (Å²) in [6, 6.07) is 10.2. The second kappa shape index (κ2) is 6.90. The predicted octanol–water partition coefficient (Wildman–Crippen LogP) is 4.05. The fourth-order valence-electron chi connectivity index (χ4n) is 3.72. The lowest BCUT2D eigenvalue weighted by Gasteiger charge is -2.30. The molecule has 2 fully saturated rings. The number of nitrogens with zero attached hydrogens (tertiary/aromatic N) is 2. The molecule has 0 bridgehead atoms. The van der Waals surface area contributed by atoms with Crippen molar-refractivity contribution in [3.05, 3.63) is 47.3 Å². The number of H-pyrrole nitrogens is 1. The Morgan fingerprint density at radius 2 is 1.96 bits per heavy atom. The van der Waals surface area contributed by atoms with Crippen LogP contribution < -0.4 is 4.74 Å². The zero-order valence-corrected chi connectivity index (χ0v) is 14.7. The van der Waals surface area contributed by atoms with E-state index in [1.54, 1.807) is 7.11 Å². The molecule has 1 saturated carbocycles. The van der Waals surface area contributed by atoms with Crippen LogP contribution in [0, 0.1) is 0 Å². The topological polar surface area (TPSA) is 58.2 Å². The Morgan fingerprint density at radius 3 is 2.68 bits per heavy atom. The van der Waals surface area contributed by atoms with Crippen molar-refractivity contribution in [2.45, 2.75) is 50.5 Å². The molecule has 1 atom stereocenters. The number of ether oxygens (including phenoxy) is 1. The Labute approximate surface area is 148 Å². The number of hydrogen-bond donors (Lipinski definition) is 1. The first-order chi connectivity index (χ1) is 12.3. The first kappa shape index (κ1) is 16.2. The zero-order valence-electron chi connectivity index (χ0n) is 14.7. The molecule has 1 aromatic heterocycles. The smallest absolute Gasteiger partial charge is 0.274 e. The Hall–Kier alpha value is -2.30. The number of hydrogen-bond acceptors (Lipinski definition) is 3. The lowest BCUT2D eigenvalue weighted by molar-refractivity contribution is 0.0674. The van der Waals surface area contributed by atoms with Crippen molar-refractivity contribution in [1.82, 2.24) is 15.1 Å². The number of methoxy groups -OCH3 is 1. The highest BCUT2D eigenvalue weighted by Gasteiger charge is 2.31. The number of amides is 1. The molecular weight excluding hydrogens is 314 g/mol. The molecule has 1 aliphatic carbocycles. The number of benzene rings is 1. The van der Waals surface area contributed by atoms with Gasteiger partial charge >= 0.3 is 0 Å². The van der Waals surface area contributed by atoms with Crippen LogP contribution in [0.5, 0.6) is 5.75 Å². The second-order valence-electron chi connectivity index (χ2n) is 7.12. The number of carbonyl (C=O) groups is 1. The van der Waals surface area contributed by atoms with Gasteiger partial charge in [0.1, 0.15) is 11.4 Å². The molecule has 2 heterocycles. The van der Waals surface area contributed by atoms with E-state index in [1.165, 1.54) is 24.8 Å². The second-order valence-corrected chi connectivity index (χ2v) is 7.12. The lowest BCUT2D eigenvalue weighted by Crippen LogP contribution is -2.35. The Balaban J connectivity index is 1.59. The van der Waals surface area contributed by atoms with Crippen molar-refractivity contribution < 1.29 is 9.53 Å². The molecule has 2 aliphatic rings. The highest BCUT2D eigenvalue weighted by molar-refractivity contribution is 5.92. The minimum absolute atomic E-state index is 0.0471. The van der Waals surface area contributed by atoms with E-state index in [-0.39, 0.29) is 11.9 Å². The molecule has 1 aromatic carbocycles. The van der Waals surface area contributed by atoms with Gasteiger partial charge in [-0.2, -0.15) is 5.10 Å². The maximum absolute atomic E-state index is 13.1. The van der Waals surface area contributed by atoms with Gasteiger partial charge in [0.25, 0.3) is 5.91 Å². The minimum Gasteiger partial charge on any atom is -0.497 e. The van der Waals surface area contributed by atoms with Crippen LogP contribution in [-0.2, 0) is 0 Å². The molecule has 0 radical (unpaired) electrons. The maximum Gasteiger partial charge on any atom is 0.274 e. The van der Waals surface area contributed by atoms with E-state index < -0.39 is 0 Å². The molecule has 1 N–H and O–H groups in total. The number of nitrogens with one attached hydrogen (secondary N) is 1. The van der Waals surface area contributed by atoms with Crippen LogP contribution in [0.4, 0.5) is 0 Å². The van der Waals surface area contributed by atoms with E-state index in [4.69, 9.17) is 4.74 Å². The molecule has 4 rings (SSSR count). The average molecular weight is 339 g/mol. The summed E-state index contributed by atoms with van der Waals surface area (Å²) in [7, 11) is 1.67. The van der Waals surface area contributed by atoms with Gasteiger partial charge < -0.3 is 9.64 Å². The molecule has 1 aliphatic heterocycles. The third-order valence-corrected chi connectivity index (χ3v) is 5.35. The summed E-state index contributed by atoms with van der Waals surface area (Å²) < 4.78 is 5.26. The Kier molecular flexibility index (Phi) is 4.47. The zero-order chi connectivity index (χ0) is 17.2. The molecule has 132 valence electrons. The van der Waals surface area contributed by atoms with E-state index >= 15 is 0 Å². The van der Waals surface area contributed by atoms with E-state index in [0.717, 1.165) is 37.3 Å². The largest absolute Gasteiger partial charge is 0.497 e. The van der Waals surface area contributed by atoms with Crippen LogP contribution in [0.15, 0.2) is 30.3 Å². The molecule has 25 heavy (non-hydrogen) atoms. The van der Waals surface area contributed by atoms with Crippen molar-refractivity contribution >= 4 is 5.91 Å². The first-order valence-electron chi connectivity index (χ1n) is 9.26. The minimum atomic E-state index is 0.0471. The molecule has 5 nitrogen and oxygen atoms in total. The van der Waals surface area contributed by atoms with Crippen molar-refractivity contribution in [2.24, 2.45) is 0 Å². The van der Waals surface area contributed by atoms with E-state index in [0.29, 0.717) is 11.6 Å². The van der Waals surface area contributed by atoms with Gasteiger partial charge in [-0.25, -0.2) is 0 Å². The molecule has 5 heteroatoms. The fraction of sp³-hybridized carbons (Fsp3) is 0.500. The van der Waals surface area contributed by atoms with Crippen molar-refractivity contribution in [2.75, 3.05) is 13.7 Å². The molecular formula is C20H25N3O2. The molecule has 1 amide bonds. The average Bonchev–Trinajstić information content (AvgIpc) is 3.43. The third-order valence-electron chi connectivity index (χ3n) is 5.35. The van der Waals surface area contributed by atoms with Crippen molar-refractivity contribution in [3.8, 4) is 5.75 Å². The van der Waals surface area contributed by atoms with Gasteiger partial charge in [0.05, 0.1) is 13.2 Å². The number of carbonyl (C=O) groups excluding carboxylic acids is 1. The monoisotopic (exact) mass is 339 g/mol. The molecule has 0 spiro atoms. The maximum atomic E-state index is 13.1. The van der Waals surface area contributed by atoms with Gasteiger partial charge in [-0.1, -0.05) is 25.0 Å². The number of aromatic nitrogens is 2. The molecule has 1 saturated heterocycles. The fourth-order valence-corrected chi connectivity index (χ4v) is 3.72. The summed E-state index contributed by atoms with van der Waals surface area (Å²) in [5.41, 5.74) is 2.84. The van der Waals surface area contributed by atoms with Gasteiger partial charge in [0, 0.05) is 18.2 Å². The van der Waals surface area contributed by atoms with Gasteiger partial charge in [-0.05, 0) is 49.4 Å². The number of rotatable bonds is 4. The number of aromatic amines is 1. The summed E-state index contributed by atoms with van der Waals surface area (Å²) in [5, 5.41) is 7.36. The third kappa shape index (κ3) is 3.41. The van der Waals surface area contributed by atoms with E-state index in [1.807, 2.05) is 23.1 Å². The quantitative estimate of drug-likeness (QED) is 0.914. The molecule has 2 aromatic rings. The summed E-state index contributed by atoms with van der Waals surface area (Å²) in [6.45, 7) is 0.793. The van der Waals surface area contributed by atoms with Gasteiger partial charge in [0.2, 0.25) is 0 Å². The Morgan fingerprint density at radius 1 is 1.16 bits per heavy atom. The molecule has 0 unspecified atom stereocenters. The highest BCUT2D eigenvalue weighted by atomic mass is 16.5. The Bertz CT molecular complexity index is 734. The van der Waals surface area contributed by atoms with Crippen LogP contribution in [0.3, 0.4) is 0 Å². The highest BCUT2D eigenvalue weighted by Crippen LogP contribution is 2.39. The predicted molar refractivity (Wildman–Crippen MR) is 95.8 cm³/mol.